The van der Waals surface area contributed by atoms with Gasteiger partial charge >= 0.3 is 0 Å². The Labute approximate surface area is 148 Å². The number of hydrogen-bond donors (Lipinski definition) is 2. The molecule has 0 radical (unpaired) electrons. The quantitative estimate of drug-likeness (QED) is 0.751. The van der Waals surface area contributed by atoms with E-state index in [1.165, 1.54) is 12.0 Å². The van der Waals surface area contributed by atoms with E-state index in [4.69, 9.17) is 0 Å². The number of amides is 1. The van der Waals surface area contributed by atoms with Crippen LogP contribution in [0.5, 0.6) is 0 Å². The first-order valence-corrected chi connectivity index (χ1v) is 8.80. The molecule has 2 aliphatic rings. The number of nitrogens with zero attached hydrogens (tertiary/aromatic N) is 4. The summed E-state index contributed by atoms with van der Waals surface area (Å²) in [5.74, 6) is 0.745. The van der Waals surface area contributed by atoms with Gasteiger partial charge in [0, 0.05) is 39.4 Å². The van der Waals surface area contributed by atoms with Gasteiger partial charge in [0.2, 0.25) is 12.4 Å². The van der Waals surface area contributed by atoms with Crippen molar-refractivity contribution >= 4 is 18.4 Å². The highest BCUT2D eigenvalue weighted by atomic mass is 16.1. The number of carbonyl (C=O) groups is 1. The SMILES string of the molecule is CNC(=C1CCC1)/C(=C/c1ccnc(N2CCN(C)CC2)n1)NC=O. The van der Waals surface area contributed by atoms with Crippen LogP contribution in [0.2, 0.25) is 0 Å². The van der Waals surface area contributed by atoms with E-state index in [2.05, 4.69) is 37.4 Å². The molecule has 3 rings (SSSR count). The van der Waals surface area contributed by atoms with Crippen LogP contribution in [-0.2, 0) is 4.79 Å². The van der Waals surface area contributed by atoms with Gasteiger partial charge < -0.3 is 20.4 Å². The monoisotopic (exact) mass is 342 g/mol. The maximum Gasteiger partial charge on any atom is 0.225 e. The molecule has 25 heavy (non-hydrogen) atoms. The van der Waals surface area contributed by atoms with E-state index in [0.29, 0.717) is 6.41 Å². The van der Waals surface area contributed by atoms with Crippen molar-refractivity contribution in [3.63, 3.8) is 0 Å². The highest BCUT2D eigenvalue weighted by Gasteiger charge is 2.18. The third kappa shape index (κ3) is 4.17. The zero-order valence-corrected chi connectivity index (χ0v) is 15.0. The zero-order valence-electron chi connectivity index (χ0n) is 15.0. The molecule has 0 bridgehead atoms. The van der Waals surface area contributed by atoms with Gasteiger partial charge in [0.05, 0.1) is 17.1 Å². The summed E-state index contributed by atoms with van der Waals surface area (Å²) in [6.45, 7) is 3.87. The Morgan fingerprint density at radius 2 is 2.00 bits per heavy atom. The lowest BCUT2D eigenvalue weighted by atomic mass is 9.89. The van der Waals surface area contributed by atoms with Crippen LogP contribution in [0.1, 0.15) is 25.0 Å². The number of allylic oxidation sites excluding steroid dienone is 1. The first kappa shape index (κ1) is 17.4. The number of nitrogens with one attached hydrogen (secondary N) is 2. The molecule has 134 valence electrons. The fraction of sp³-hybridized carbons (Fsp3) is 0.500. The van der Waals surface area contributed by atoms with Crippen molar-refractivity contribution in [3.05, 3.63) is 34.9 Å². The fourth-order valence-electron chi connectivity index (χ4n) is 3.10. The average Bonchev–Trinajstić information content (AvgIpc) is 2.58. The standard InChI is InChI=1S/C18H26N6O/c1-19-17(14-4-3-5-14)16(21-13-25)12-15-6-7-20-18(22-15)24-10-8-23(2)9-11-24/h6-7,12-13,19H,3-5,8-11H2,1-2H3,(H,21,25)/b16-12-. The molecule has 1 saturated heterocycles. The molecule has 2 fully saturated rings. The van der Waals surface area contributed by atoms with Gasteiger partial charge in [0.25, 0.3) is 0 Å². The number of anilines is 1. The summed E-state index contributed by atoms with van der Waals surface area (Å²) in [4.78, 5) is 24.7. The summed E-state index contributed by atoms with van der Waals surface area (Å²) in [6, 6.07) is 1.87. The van der Waals surface area contributed by atoms with E-state index in [9.17, 15) is 4.79 Å². The van der Waals surface area contributed by atoms with Crippen molar-refractivity contribution < 1.29 is 4.79 Å². The van der Waals surface area contributed by atoms with Crippen LogP contribution < -0.4 is 15.5 Å². The number of piperazine rings is 1. The van der Waals surface area contributed by atoms with E-state index >= 15 is 0 Å². The first-order chi connectivity index (χ1) is 12.2. The molecule has 1 saturated carbocycles. The Balaban J connectivity index is 1.85. The van der Waals surface area contributed by atoms with E-state index in [-0.39, 0.29) is 0 Å². The maximum absolute atomic E-state index is 11.1. The zero-order chi connectivity index (χ0) is 17.6. The first-order valence-electron chi connectivity index (χ1n) is 8.80. The summed E-state index contributed by atoms with van der Waals surface area (Å²) in [5.41, 5.74) is 3.89. The Morgan fingerprint density at radius 3 is 2.60 bits per heavy atom. The minimum Gasteiger partial charge on any atom is -0.386 e. The second-order valence-corrected chi connectivity index (χ2v) is 6.47. The van der Waals surface area contributed by atoms with Crippen LogP contribution >= 0.6 is 0 Å². The van der Waals surface area contributed by atoms with Gasteiger partial charge in [-0.1, -0.05) is 0 Å². The Morgan fingerprint density at radius 1 is 1.24 bits per heavy atom. The molecular weight excluding hydrogens is 316 g/mol. The van der Waals surface area contributed by atoms with Crippen LogP contribution in [0.25, 0.3) is 6.08 Å². The molecule has 1 aliphatic heterocycles. The molecule has 0 atom stereocenters. The van der Waals surface area contributed by atoms with Crippen molar-refractivity contribution in [1.82, 2.24) is 25.5 Å². The second-order valence-electron chi connectivity index (χ2n) is 6.47. The summed E-state index contributed by atoms with van der Waals surface area (Å²) >= 11 is 0. The highest BCUT2D eigenvalue weighted by Crippen LogP contribution is 2.30. The average molecular weight is 342 g/mol. The van der Waals surface area contributed by atoms with Crippen molar-refractivity contribution in [3.8, 4) is 0 Å². The molecule has 7 heteroatoms. The molecule has 2 N–H and O–H groups in total. The minimum atomic E-state index is 0.713. The Bertz CT molecular complexity index is 670. The van der Waals surface area contributed by atoms with Crippen LogP contribution in [-0.4, -0.2) is 61.6 Å². The molecule has 2 heterocycles. The van der Waals surface area contributed by atoms with Gasteiger partial charge in [-0.25, -0.2) is 9.97 Å². The molecular formula is C18H26N6O. The molecule has 0 spiro atoms. The minimum absolute atomic E-state index is 0.713. The van der Waals surface area contributed by atoms with Crippen molar-refractivity contribution in [2.75, 3.05) is 45.2 Å². The van der Waals surface area contributed by atoms with Gasteiger partial charge in [-0.05, 0) is 44.0 Å². The Kier molecular flexibility index (Phi) is 5.65. The smallest absolute Gasteiger partial charge is 0.225 e. The molecule has 1 amide bonds. The van der Waals surface area contributed by atoms with Gasteiger partial charge in [0.1, 0.15) is 0 Å². The summed E-state index contributed by atoms with van der Waals surface area (Å²) in [6.07, 6.45) is 7.75. The lowest BCUT2D eigenvalue weighted by Crippen LogP contribution is -2.45. The normalized spacial score (nSPS) is 18.6. The van der Waals surface area contributed by atoms with Crippen LogP contribution in [0, 0.1) is 0 Å². The lowest BCUT2D eigenvalue weighted by Gasteiger charge is -2.32. The summed E-state index contributed by atoms with van der Waals surface area (Å²) < 4.78 is 0. The van der Waals surface area contributed by atoms with Gasteiger partial charge in [-0.15, -0.1) is 0 Å². The van der Waals surface area contributed by atoms with Crippen molar-refractivity contribution in [1.29, 1.82) is 0 Å². The fourth-order valence-corrected chi connectivity index (χ4v) is 3.10. The highest BCUT2D eigenvalue weighted by molar-refractivity contribution is 5.63. The number of hydrogen-bond acceptors (Lipinski definition) is 6. The van der Waals surface area contributed by atoms with Crippen LogP contribution in [0.3, 0.4) is 0 Å². The van der Waals surface area contributed by atoms with E-state index in [0.717, 1.165) is 62.1 Å². The Hall–Kier alpha value is -2.41. The second kappa shape index (κ2) is 8.11. The van der Waals surface area contributed by atoms with Crippen LogP contribution in [0.4, 0.5) is 5.95 Å². The maximum atomic E-state index is 11.1. The molecule has 1 aliphatic carbocycles. The number of aromatic nitrogens is 2. The molecule has 0 aromatic carbocycles. The number of carbonyl (C=O) groups excluding carboxylic acids is 1. The molecule has 0 unspecified atom stereocenters. The van der Waals surface area contributed by atoms with Crippen molar-refractivity contribution in [2.45, 2.75) is 19.3 Å². The molecule has 1 aromatic rings. The predicted molar refractivity (Wildman–Crippen MR) is 98.9 cm³/mol. The topological polar surface area (TPSA) is 73.4 Å². The third-order valence-corrected chi connectivity index (χ3v) is 4.79. The van der Waals surface area contributed by atoms with E-state index < -0.39 is 0 Å². The van der Waals surface area contributed by atoms with Gasteiger partial charge in [-0.2, -0.15) is 0 Å². The third-order valence-electron chi connectivity index (χ3n) is 4.79. The van der Waals surface area contributed by atoms with E-state index in [1.54, 1.807) is 6.20 Å². The van der Waals surface area contributed by atoms with Gasteiger partial charge in [0.15, 0.2) is 0 Å². The van der Waals surface area contributed by atoms with Gasteiger partial charge in [-0.3, -0.25) is 4.79 Å². The predicted octanol–water partition coefficient (Wildman–Crippen LogP) is 0.973. The van der Waals surface area contributed by atoms with Crippen molar-refractivity contribution in [2.24, 2.45) is 0 Å². The summed E-state index contributed by atoms with van der Waals surface area (Å²) in [7, 11) is 4.01. The largest absolute Gasteiger partial charge is 0.386 e. The van der Waals surface area contributed by atoms with Crippen LogP contribution in [0.15, 0.2) is 29.2 Å². The van der Waals surface area contributed by atoms with E-state index in [1.807, 2.05) is 19.2 Å². The molecule has 1 aromatic heterocycles. The number of likely N-dealkylation sites (N-methyl/N-ethyl adjacent to an activating group) is 2. The molecule has 7 nitrogen and oxygen atoms in total. The summed E-state index contributed by atoms with van der Waals surface area (Å²) in [5, 5.41) is 6.04. The number of rotatable bonds is 6. The lowest BCUT2D eigenvalue weighted by molar-refractivity contribution is -0.108.